The maximum atomic E-state index is 12.6. The van der Waals surface area contributed by atoms with Gasteiger partial charge in [-0.3, -0.25) is 0 Å². The molecule has 2 heterocycles. The van der Waals surface area contributed by atoms with Crippen molar-refractivity contribution in [1.82, 2.24) is 14.7 Å². The van der Waals surface area contributed by atoms with E-state index in [-0.39, 0.29) is 18.0 Å². The lowest BCUT2D eigenvalue weighted by molar-refractivity contribution is -0.137. The molecule has 1 fully saturated rings. The Kier molecular flexibility index (Phi) is 6.81. The first-order chi connectivity index (χ1) is 14.1. The van der Waals surface area contributed by atoms with E-state index in [0.29, 0.717) is 5.95 Å². The van der Waals surface area contributed by atoms with E-state index >= 15 is 0 Å². The van der Waals surface area contributed by atoms with E-state index in [1.165, 1.54) is 6.42 Å². The molecule has 1 aliphatic rings. The summed E-state index contributed by atoms with van der Waals surface area (Å²) in [4.78, 5) is 10.8. The molecular weight excluding hydrogens is 419 g/mol. The van der Waals surface area contributed by atoms with E-state index in [1.807, 2.05) is 13.0 Å². The molecule has 1 aromatic carbocycles. The van der Waals surface area contributed by atoms with Gasteiger partial charge in [0.05, 0.1) is 10.5 Å². The van der Waals surface area contributed by atoms with Gasteiger partial charge in [0, 0.05) is 37.9 Å². The molecule has 0 radical (unpaired) electrons. The van der Waals surface area contributed by atoms with Gasteiger partial charge in [0.1, 0.15) is 5.82 Å². The molecule has 0 spiro atoms. The van der Waals surface area contributed by atoms with Crippen molar-refractivity contribution in [3.8, 4) is 0 Å². The van der Waals surface area contributed by atoms with Crippen LogP contribution < -0.4 is 14.9 Å². The zero-order valence-corrected chi connectivity index (χ0v) is 17.4. The number of hydrogen-bond donors (Lipinski definition) is 2. The Balaban J connectivity index is 1.55. The number of sulfonamides is 1. The Morgan fingerprint density at radius 1 is 1.03 bits per heavy atom. The molecule has 0 bridgehead atoms. The average molecular weight is 443 g/mol. The van der Waals surface area contributed by atoms with Gasteiger partial charge in [-0.25, -0.2) is 18.1 Å². The maximum Gasteiger partial charge on any atom is 0.416 e. The molecule has 0 aliphatic carbocycles. The second kappa shape index (κ2) is 9.17. The lowest BCUT2D eigenvalue weighted by Gasteiger charge is -2.28. The van der Waals surface area contributed by atoms with Gasteiger partial charge < -0.3 is 10.2 Å². The minimum Gasteiger partial charge on any atom is -0.356 e. The molecule has 164 valence electrons. The van der Waals surface area contributed by atoms with Gasteiger partial charge in [-0.15, -0.1) is 0 Å². The van der Waals surface area contributed by atoms with Crippen LogP contribution in [0.2, 0.25) is 0 Å². The summed E-state index contributed by atoms with van der Waals surface area (Å²) in [5, 5.41) is 2.99. The van der Waals surface area contributed by atoms with Crippen LogP contribution in [0.25, 0.3) is 0 Å². The Morgan fingerprint density at radius 2 is 1.70 bits per heavy atom. The van der Waals surface area contributed by atoms with Crippen LogP contribution in [-0.4, -0.2) is 44.6 Å². The van der Waals surface area contributed by atoms with E-state index in [0.717, 1.165) is 61.7 Å². The number of nitrogens with one attached hydrogen (secondary N) is 2. The van der Waals surface area contributed by atoms with Crippen molar-refractivity contribution in [1.29, 1.82) is 0 Å². The van der Waals surface area contributed by atoms with Crippen LogP contribution in [0.4, 0.5) is 24.9 Å². The fourth-order valence-corrected chi connectivity index (χ4v) is 4.21. The number of piperidine rings is 1. The lowest BCUT2D eigenvalue weighted by atomic mass is 10.1. The van der Waals surface area contributed by atoms with E-state index in [1.54, 1.807) is 0 Å². The Morgan fingerprint density at radius 3 is 2.33 bits per heavy atom. The molecule has 0 saturated carbocycles. The van der Waals surface area contributed by atoms with Crippen LogP contribution >= 0.6 is 0 Å². The summed E-state index contributed by atoms with van der Waals surface area (Å²) in [6, 6.07) is 5.29. The van der Waals surface area contributed by atoms with Crippen LogP contribution in [0.5, 0.6) is 0 Å². The van der Waals surface area contributed by atoms with Crippen LogP contribution in [0, 0.1) is 6.92 Å². The zero-order chi connectivity index (χ0) is 21.8. The molecule has 1 aromatic heterocycles. The number of aromatic nitrogens is 2. The predicted octanol–water partition coefficient (Wildman–Crippen LogP) is 3.18. The summed E-state index contributed by atoms with van der Waals surface area (Å²) in [5.41, 5.74) is -0.0948. The minimum absolute atomic E-state index is 0.0275. The third-order valence-electron chi connectivity index (χ3n) is 4.71. The molecule has 0 unspecified atom stereocenters. The lowest BCUT2D eigenvalue weighted by Crippen LogP contribution is -2.31. The first-order valence-corrected chi connectivity index (χ1v) is 11.1. The van der Waals surface area contributed by atoms with E-state index in [2.05, 4.69) is 24.9 Å². The van der Waals surface area contributed by atoms with Crippen molar-refractivity contribution < 1.29 is 21.6 Å². The summed E-state index contributed by atoms with van der Waals surface area (Å²) in [6.07, 6.45) is -1.06. The fraction of sp³-hybridized carbons (Fsp3) is 0.474. The van der Waals surface area contributed by atoms with E-state index in [4.69, 9.17) is 0 Å². The zero-order valence-electron chi connectivity index (χ0n) is 16.5. The fourth-order valence-electron chi connectivity index (χ4n) is 3.18. The van der Waals surface area contributed by atoms with E-state index in [9.17, 15) is 21.6 Å². The molecule has 0 amide bonds. The molecule has 2 aromatic rings. The third-order valence-corrected chi connectivity index (χ3v) is 6.19. The van der Waals surface area contributed by atoms with E-state index < -0.39 is 21.8 Å². The summed E-state index contributed by atoms with van der Waals surface area (Å²) < 4.78 is 64.7. The molecular formula is C19H24F3N5O2S. The van der Waals surface area contributed by atoms with Gasteiger partial charge in [0.2, 0.25) is 16.0 Å². The highest BCUT2D eigenvalue weighted by Gasteiger charge is 2.30. The monoisotopic (exact) mass is 443 g/mol. The standard InChI is InChI=1S/C19H24F3N5O2S/c1-14-13-17(27-11-3-2-4-12-27)26-18(25-14)23-9-10-24-30(28,29)16-7-5-15(6-8-16)19(20,21)22/h5-8,13,24H,2-4,9-12H2,1H3,(H,23,25,26). The van der Waals surface area contributed by atoms with Gasteiger partial charge in [-0.05, 0) is 50.5 Å². The molecule has 2 N–H and O–H groups in total. The number of anilines is 2. The van der Waals surface area contributed by atoms with Crippen LogP contribution in [0.15, 0.2) is 35.2 Å². The van der Waals surface area contributed by atoms with Gasteiger partial charge in [0.25, 0.3) is 0 Å². The average Bonchev–Trinajstić information content (AvgIpc) is 2.71. The Bertz CT molecular complexity index is 959. The third kappa shape index (κ3) is 5.82. The molecule has 1 aliphatic heterocycles. The highest BCUT2D eigenvalue weighted by Crippen LogP contribution is 2.29. The van der Waals surface area contributed by atoms with Crippen LogP contribution in [0.1, 0.15) is 30.5 Å². The SMILES string of the molecule is Cc1cc(N2CCCCC2)nc(NCCNS(=O)(=O)c2ccc(C(F)(F)F)cc2)n1. The first kappa shape index (κ1) is 22.3. The summed E-state index contributed by atoms with van der Waals surface area (Å²) in [6.45, 7) is 4.02. The molecule has 0 atom stereocenters. The molecule has 3 rings (SSSR count). The maximum absolute atomic E-state index is 12.6. The summed E-state index contributed by atoms with van der Waals surface area (Å²) in [7, 11) is -3.92. The van der Waals surface area contributed by atoms with Crippen molar-refractivity contribution in [2.24, 2.45) is 0 Å². The smallest absolute Gasteiger partial charge is 0.356 e. The van der Waals surface area contributed by atoms with Crippen LogP contribution in [0.3, 0.4) is 0 Å². The molecule has 7 nitrogen and oxygen atoms in total. The molecule has 30 heavy (non-hydrogen) atoms. The Hall–Kier alpha value is -2.40. The number of hydrogen-bond acceptors (Lipinski definition) is 6. The van der Waals surface area contributed by atoms with Crippen molar-refractivity contribution >= 4 is 21.8 Å². The normalized spacial score (nSPS) is 15.3. The number of benzene rings is 1. The second-order valence-corrected chi connectivity index (χ2v) is 8.85. The predicted molar refractivity (Wildman–Crippen MR) is 108 cm³/mol. The van der Waals surface area contributed by atoms with Crippen molar-refractivity contribution in [3.63, 3.8) is 0 Å². The number of aryl methyl sites for hydroxylation is 1. The number of halogens is 3. The Labute approximate surface area is 173 Å². The van der Waals surface area contributed by atoms with Crippen molar-refractivity contribution in [2.45, 2.75) is 37.3 Å². The number of nitrogens with zero attached hydrogens (tertiary/aromatic N) is 3. The topological polar surface area (TPSA) is 87.2 Å². The summed E-state index contributed by atoms with van der Waals surface area (Å²) in [5.74, 6) is 1.25. The highest BCUT2D eigenvalue weighted by molar-refractivity contribution is 7.89. The van der Waals surface area contributed by atoms with Gasteiger partial charge in [-0.2, -0.15) is 18.2 Å². The highest BCUT2D eigenvalue weighted by atomic mass is 32.2. The molecule has 11 heteroatoms. The quantitative estimate of drug-likeness (QED) is 0.639. The number of alkyl halides is 3. The largest absolute Gasteiger partial charge is 0.416 e. The van der Waals surface area contributed by atoms with Gasteiger partial charge >= 0.3 is 6.18 Å². The van der Waals surface area contributed by atoms with Crippen molar-refractivity contribution in [3.05, 3.63) is 41.6 Å². The minimum atomic E-state index is -4.51. The van der Waals surface area contributed by atoms with Gasteiger partial charge in [-0.1, -0.05) is 0 Å². The number of rotatable bonds is 7. The second-order valence-electron chi connectivity index (χ2n) is 7.09. The summed E-state index contributed by atoms with van der Waals surface area (Å²) >= 11 is 0. The first-order valence-electron chi connectivity index (χ1n) is 9.66. The van der Waals surface area contributed by atoms with Crippen LogP contribution in [-0.2, 0) is 16.2 Å². The molecule has 1 saturated heterocycles. The van der Waals surface area contributed by atoms with Crippen molar-refractivity contribution in [2.75, 3.05) is 36.4 Å². The van der Waals surface area contributed by atoms with Gasteiger partial charge in [0.15, 0.2) is 0 Å².